The van der Waals surface area contributed by atoms with Crippen LogP contribution in [0.2, 0.25) is 0 Å². The average Bonchev–Trinajstić information content (AvgIpc) is 3.28. The molecule has 1 heterocycles. The molecular formula is C32H27F2NO4S. The van der Waals surface area contributed by atoms with Crippen LogP contribution in [0.4, 0.5) is 8.78 Å². The van der Waals surface area contributed by atoms with Crippen LogP contribution in [0.25, 0.3) is 16.7 Å². The third kappa shape index (κ3) is 6.18. The van der Waals surface area contributed by atoms with Crippen LogP contribution in [0.15, 0.2) is 90.0 Å². The summed E-state index contributed by atoms with van der Waals surface area (Å²) in [5, 5.41) is 9.94. The number of nitrogens with zero attached hydrogens (tertiary/aromatic N) is 1. The Hall–Kier alpha value is -4.17. The first-order chi connectivity index (χ1) is 19.1. The second-order valence-electron chi connectivity index (χ2n) is 10.1. The molecule has 0 unspecified atom stereocenters. The minimum Gasteiger partial charge on any atom is -0.508 e. The third-order valence-electron chi connectivity index (χ3n) is 7.09. The number of phenols is 1. The predicted molar refractivity (Wildman–Crippen MR) is 150 cm³/mol. The fourth-order valence-electron chi connectivity index (χ4n) is 5.26. The molecule has 1 aromatic heterocycles. The Morgan fingerprint density at radius 1 is 0.975 bits per heavy atom. The first-order valence-electron chi connectivity index (χ1n) is 12.8. The second-order valence-corrected chi connectivity index (χ2v) is 12.1. The van der Waals surface area contributed by atoms with Gasteiger partial charge in [-0.25, -0.2) is 17.2 Å². The Balaban J connectivity index is 1.48. The highest BCUT2D eigenvalue weighted by Crippen LogP contribution is 2.36. The molecular weight excluding hydrogens is 532 g/mol. The normalized spacial score (nSPS) is 13.5. The quantitative estimate of drug-likeness (QED) is 0.255. The summed E-state index contributed by atoms with van der Waals surface area (Å²) in [7, 11) is -3.38. The average molecular weight is 560 g/mol. The van der Waals surface area contributed by atoms with E-state index in [0.717, 1.165) is 29.0 Å². The van der Waals surface area contributed by atoms with E-state index in [0.29, 0.717) is 28.8 Å². The molecule has 0 radical (unpaired) electrons. The van der Waals surface area contributed by atoms with Crippen LogP contribution in [0.3, 0.4) is 0 Å². The summed E-state index contributed by atoms with van der Waals surface area (Å²) in [4.78, 5) is 18.2. The van der Waals surface area contributed by atoms with E-state index in [2.05, 4.69) is 4.98 Å². The SMILES string of the molecule is CS(=O)(=O)c1ccc(-c2cccnc2[C@@H](CC(=O)CC2=CCc3ccc(O)cc32)Cc2cc(F)cc(F)c2)cc1. The Kier molecular flexibility index (Phi) is 7.63. The number of allylic oxidation sites excluding steroid dienone is 2. The summed E-state index contributed by atoms with van der Waals surface area (Å²) < 4.78 is 52.0. The number of carbonyl (C=O) groups excluding carboxylic acids is 1. The molecule has 0 bridgehead atoms. The summed E-state index contributed by atoms with van der Waals surface area (Å²) in [5.41, 5.74) is 5.11. The molecule has 0 aliphatic heterocycles. The van der Waals surface area contributed by atoms with Gasteiger partial charge >= 0.3 is 0 Å². The van der Waals surface area contributed by atoms with Crippen LogP contribution < -0.4 is 0 Å². The number of halogens is 2. The molecule has 0 saturated heterocycles. The van der Waals surface area contributed by atoms with E-state index in [-0.39, 0.29) is 35.7 Å². The van der Waals surface area contributed by atoms with Crippen LogP contribution in [0, 0.1) is 11.6 Å². The molecule has 0 saturated carbocycles. The molecule has 0 amide bonds. The van der Waals surface area contributed by atoms with Gasteiger partial charge in [-0.3, -0.25) is 9.78 Å². The maximum absolute atomic E-state index is 14.1. The lowest BCUT2D eigenvalue weighted by Crippen LogP contribution is -2.13. The van der Waals surface area contributed by atoms with E-state index in [1.807, 2.05) is 18.2 Å². The molecule has 3 aromatic carbocycles. The van der Waals surface area contributed by atoms with Crippen LogP contribution in [0.5, 0.6) is 5.75 Å². The lowest BCUT2D eigenvalue weighted by atomic mass is 9.85. The number of benzene rings is 3. The van der Waals surface area contributed by atoms with Gasteiger partial charge in [0.25, 0.3) is 0 Å². The maximum Gasteiger partial charge on any atom is 0.175 e. The van der Waals surface area contributed by atoms with E-state index in [1.54, 1.807) is 36.5 Å². The van der Waals surface area contributed by atoms with Crippen molar-refractivity contribution < 1.29 is 27.1 Å². The molecule has 1 N–H and O–H groups in total. The van der Waals surface area contributed by atoms with Gasteiger partial charge in [0.15, 0.2) is 9.84 Å². The number of rotatable bonds is 9. The second kappa shape index (κ2) is 11.1. The predicted octanol–water partition coefficient (Wildman–Crippen LogP) is 6.45. The van der Waals surface area contributed by atoms with Crippen molar-refractivity contribution in [2.45, 2.75) is 36.5 Å². The smallest absolute Gasteiger partial charge is 0.175 e. The Morgan fingerprint density at radius 3 is 2.40 bits per heavy atom. The molecule has 40 heavy (non-hydrogen) atoms. The van der Waals surface area contributed by atoms with Crippen molar-refractivity contribution in [3.63, 3.8) is 0 Å². The molecule has 0 fully saturated rings. The van der Waals surface area contributed by atoms with Crippen molar-refractivity contribution in [3.05, 3.63) is 119 Å². The first-order valence-corrected chi connectivity index (χ1v) is 14.7. The number of aromatic hydroxyl groups is 1. The van der Waals surface area contributed by atoms with Crippen molar-refractivity contribution >= 4 is 21.2 Å². The fraction of sp³-hybridized carbons (Fsp3) is 0.188. The van der Waals surface area contributed by atoms with Crippen molar-refractivity contribution in [2.24, 2.45) is 0 Å². The van der Waals surface area contributed by atoms with Crippen LogP contribution >= 0.6 is 0 Å². The number of hydrogen-bond acceptors (Lipinski definition) is 5. The number of pyridine rings is 1. The van der Waals surface area contributed by atoms with Crippen LogP contribution in [-0.2, 0) is 27.5 Å². The number of fused-ring (bicyclic) bond motifs is 1. The summed E-state index contributed by atoms with van der Waals surface area (Å²) in [6.45, 7) is 0. The summed E-state index contributed by atoms with van der Waals surface area (Å²) >= 11 is 0. The van der Waals surface area contributed by atoms with Crippen molar-refractivity contribution in [3.8, 4) is 16.9 Å². The molecule has 4 aromatic rings. The summed E-state index contributed by atoms with van der Waals surface area (Å²) in [5.74, 6) is -1.86. The summed E-state index contributed by atoms with van der Waals surface area (Å²) in [6, 6.07) is 18.4. The highest BCUT2D eigenvalue weighted by Gasteiger charge is 2.25. The van der Waals surface area contributed by atoms with Gasteiger partial charge in [-0.15, -0.1) is 0 Å². The lowest BCUT2D eigenvalue weighted by molar-refractivity contribution is -0.118. The Labute approximate surface area is 231 Å². The van der Waals surface area contributed by atoms with E-state index < -0.39 is 27.4 Å². The molecule has 1 atom stereocenters. The van der Waals surface area contributed by atoms with Crippen molar-refractivity contribution in [2.75, 3.05) is 6.26 Å². The first kappa shape index (κ1) is 27.4. The van der Waals surface area contributed by atoms with Gasteiger partial charge in [0.1, 0.15) is 23.2 Å². The Morgan fingerprint density at radius 2 is 1.70 bits per heavy atom. The number of aromatic nitrogens is 1. The van der Waals surface area contributed by atoms with Gasteiger partial charge in [0.05, 0.1) is 10.6 Å². The number of ketones is 1. The van der Waals surface area contributed by atoms with Gasteiger partial charge in [-0.05, 0) is 83.1 Å². The van der Waals surface area contributed by atoms with E-state index >= 15 is 0 Å². The highest BCUT2D eigenvalue weighted by molar-refractivity contribution is 7.90. The maximum atomic E-state index is 14.1. The minimum atomic E-state index is -3.38. The van der Waals surface area contributed by atoms with E-state index in [4.69, 9.17) is 0 Å². The highest BCUT2D eigenvalue weighted by atomic mass is 32.2. The van der Waals surface area contributed by atoms with Crippen molar-refractivity contribution in [1.82, 2.24) is 4.98 Å². The number of carbonyl (C=O) groups is 1. The number of phenolic OH excluding ortho intramolecular Hbond substituents is 1. The lowest BCUT2D eigenvalue weighted by Gasteiger charge is -2.20. The monoisotopic (exact) mass is 559 g/mol. The van der Waals surface area contributed by atoms with Crippen molar-refractivity contribution in [1.29, 1.82) is 0 Å². The number of hydrogen-bond donors (Lipinski definition) is 1. The zero-order chi connectivity index (χ0) is 28.4. The number of Topliss-reactive ketones (excluding diaryl/α,β-unsaturated/α-hetero) is 1. The zero-order valence-electron chi connectivity index (χ0n) is 21.8. The number of sulfone groups is 1. The molecule has 0 spiro atoms. The zero-order valence-corrected chi connectivity index (χ0v) is 22.6. The largest absolute Gasteiger partial charge is 0.508 e. The standard InChI is InChI=1S/C32H27F2NO4S/c1-40(38,39)29-10-7-21(8-11-29)30-3-2-12-35-32(30)24(13-20-14-25(33)18-26(34)15-20)17-28(37)16-23-5-4-22-6-9-27(36)19-31(22)23/h2-3,5-12,14-15,18-19,24,36H,4,13,16-17H2,1H3/t24-/m1/s1. The van der Waals surface area contributed by atoms with E-state index in [9.17, 15) is 27.1 Å². The molecule has 204 valence electrons. The van der Waals surface area contributed by atoms with Gasteiger partial charge in [-0.1, -0.05) is 30.3 Å². The van der Waals surface area contributed by atoms with Gasteiger partial charge in [0, 0.05) is 42.8 Å². The fourth-order valence-corrected chi connectivity index (χ4v) is 5.89. The Bertz CT molecular complexity index is 1710. The molecule has 1 aliphatic carbocycles. The van der Waals surface area contributed by atoms with E-state index in [1.165, 1.54) is 24.3 Å². The molecule has 8 heteroatoms. The van der Waals surface area contributed by atoms with Crippen LogP contribution in [-0.4, -0.2) is 30.5 Å². The van der Waals surface area contributed by atoms with Gasteiger partial charge < -0.3 is 5.11 Å². The molecule has 5 nitrogen and oxygen atoms in total. The topological polar surface area (TPSA) is 84.3 Å². The molecule has 5 rings (SSSR count). The van der Waals surface area contributed by atoms with Gasteiger partial charge in [0.2, 0.25) is 0 Å². The van der Waals surface area contributed by atoms with Crippen LogP contribution in [0.1, 0.15) is 41.1 Å². The third-order valence-corrected chi connectivity index (χ3v) is 8.22. The molecule has 1 aliphatic rings. The summed E-state index contributed by atoms with van der Waals surface area (Å²) in [6.07, 6.45) is 5.78. The minimum absolute atomic E-state index is 0.0645. The van der Waals surface area contributed by atoms with Gasteiger partial charge in [-0.2, -0.15) is 0 Å².